The molecule has 5 nitrogen and oxygen atoms in total. The lowest BCUT2D eigenvalue weighted by atomic mass is 10.0. The summed E-state index contributed by atoms with van der Waals surface area (Å²) in [5, 5.41) is 19.1. The number of nitrogens with zero attached hydrogens (tertiary/aromatic N) is 1. The van der Waals surface area contributed by atoms with E-state index in [4.69, 9.17) is 16.9 Å². The van der Waals surface area contributed by atoms with E-state index < -0.39 is 22.2 Å². The Bertz CT molecular complexity index is 581. The maximum Gasteiger partial charge on any atom is 0.211 e. The maximum absolute atomic E-state index is 11.9. The quantitative estimate of drug-likeness (QED) is 0.716. The van der Waals surface area contributed by atoms with E-state index in [-0.39, 0.29) is 5.75 Å². The van der Waals surface area contributed by atoms with Crippen LogP contribution in [-0.2, 0) is 10.0 Å². The molecule has 1 rings (SSSR count). The number of aliphatic hydroxyl groups excluding tert-OH is 1. The van der Waals surface area contributed by atoms with Crippen LogP contribution in [-0.4, -0.2) is 25.3 Å². The van der Waals surface area contributed by atoms with Crippen LogP contribution in [0.15, 0.2) is 24.3 Å². The predicted octanol–water partition coefficient (Wildman–Crippen LogP) is 2.38. The molecule has 0 saturated carbocycles. The van der Waals surface area contributed by atoms with E-state index in [0.717, 1.165) is 0 Å². The largest absolute Gasteiger partial charge is 0.387 e. The van der Waals surface area contributed by atoms with Crippen LogP contribution in [0.1, 0.15) is 37.9 Å². The van der Waals surface area contributed by atoms with E-state index >= 15 is 0 Å². The summed E-state index contributed by atoms with van der Waals surface area (Å²) in [4.78, 5) is 0. The Hall–Kier alpha value is -1.13. The lowest BCUT2D eigenvalue weighted by molar-refractivity contribution is 0.146. The minimum atomic E-state index is -3.47. The Kier molecular flexibility index (Phi) is 7.12. The zero-order chi connectivity index (χ0) is 15.9. The fourth-order valence-electron chi connectivity index (χ4n) is 1.85. The fraction of sp³-hybridized carbons (Fsp3) is 0.500. The van der Waals surface area contributed by atoms with Crippen molar-refractivity contribution < 1.29 is 13.5 Å². The van der Waals surface area contributed by atoms with Gasteiger partial charge in [0.1, 0.15) is 0 Å². The van der Waals surface area contributed by atoms with Crippen molar-refractivity contribution in [1.82, 2.24) is 4.72 Å². The van der Waals surface area contributed by atoms with Gasteiger partial charge in [0, 0.05) is 17.5 Å². The highest BCUT2D eigenvalue weighted by Crippen LogP contribution is 2.19. The number of nitriles is 1. The molecule has 0 amide bonds. The van der Waals surface area contributed by atoms with Gasteiger partial charge in [-0.15, -0.1) is 0 Å². The molecule has 1 aromatic carbocycles. The molecule has 21 heavy (non-hydrogen) atoms. The molecule has 2 N–H and O–H groups in total. The molecule has 7 heteroatoms. The summed E-state index contributed by atoms with van der Waals surface area (Å²) in [5.41, 5.74) is 0.596. The first kappa shape index (κ1) is 17.9. The van der Waals surface area contributed by atoms with E-state index in [2.05, 4.69) is 4.72 Å². The van der Waals surface area contributed by atoms with Gasteiger partial charge in [-0.05, 0) is 37.5 Å². The first-order chi connectivity index (χ1) is 9.85. The minimum absolute atomic E-state index is 0.0492. The van der Waals surface area contributed by atoms with Crippen molar-refractivity contribution in [3.8, 4) is 6.07 Å². The molecular weight excluding hydrogens is 312 g/mol. The van der Waals surface area contributed by atoms with Gasteiger partial charge in [0.15, 0.2) is 0 Å². The molecule has 116 valence electrons. The second-order valence-corrected chi connectivity index (χ2v) is 7.15. The van der Waals surface area contributed by atoms with E-state index in [1.807, 2.05) is 6.07 Å². The Morgan fingerprint density at radius 3 is 2.52 bits per heavy atom. The third-order valence-electron chi connectivity index (χ3n) is 3.00. The van der Waals surface area contributed by atoms with E-state index in [1.165, 1.54) is 0 Å². The van der Waals surface area contributed by atoms with E-state index in [1.54, 1.807) is 31.2 Å². The van der Waals surface area contributed by atoms with E-state index in [9.17, 15) is 13.5 Å². The maximum atomic E-state index is 11.9. The van der Waals surface area contributed by atoms with Crippen molar-refractivity contribution in [2.45, 2.75) is 38.3 Å². The van der Waals surface area contributed by atoms with Crippen LogP contribution in [0.3, 0.4) is 0 Å². The van der Waals surface area contributed by atoms with Crippen molar-refractivity contribution >= 4 is 21.6 Å². The van der Waals surface area contributed by atoms with Crippen LogP contribution >= 0.6 is 11.6 Å². The smallest absolute Gasteiger partial charge is 0.211 e. The van der Waals surface area contributed by atoms with Crippen molar-refractivity contribution in [3.05, 3.63) is 34.9 Å². The molecule has 0 radical (unpaired) electrons. The third kappa shape index (κ3) is 6.44. The Labute approximate surface area is 130 Å². The monoisotopic (exact) mass is 330 g/mol. The summed E-state index contributed by atoms with van der Waals surface area (Å²) >= 11 is 5.77. The Balaban J connectivity index is 2.56. The SMILES string of the molecule is CC(NS(=O)(=O)CCCCC#N)C(O)c1ccc(Cl)cc1. The highest BCUT2D eigenvalue weighted by Gasteiger charge is 2.21. The van der Waals surface area contributed by atoms with Crippen LogP contribution in [0, 0.1) is 11.3 Å². The molecule has 0 fully saturated rings. The molecule has 0 aliphatic rings. The van der Waals surface area contributed by atoms with Gasteiger partial charge in [-0.1, -0.05) is 23.7 Å². The fourth-order valence-corrected chi connectivity index (χ4v) is 3.37. The first-order valence-electron chi connectivity index (χ1n) is 6.66. The number of hydrogen-bond donors (Lipinski definition) is 2. The summed E-state index contributed by atoms with van der Waals surface area (Å²) in [6.45, 7) is 1.60. The van der Waals surface area contributed by atoms with Gasteiger partial charge < -0.3 is 5.11 Å². The van der Waals surface area contributed by atoms with E-state index in [0.29, 0.717) is 29.8 Å². The Morgan fingerprint density at radius 1 is 1.33 bits per heavy atom. The molecule has 1 aromatic rings. The minimum Gasteiger partial charge on any atom is -0.387 e. The molecule has 0 aliphatic carbocycles. The van der Waals surface area contributed by atoms with Crippen molar-refractivity contribution in [3.63, 3.8) is 0 Å². The number of unbranched alkanes of at least 4 members (excludes halogenated alkanes) is 2. The number of halogens is 1. The number of nitrogens with one attached hydrogen (secondary N) is 1. The highest BCUT2D eigenvalue weighted by atomic mass is 35.5. The van der Waals surface area contributed by atoms with Crippen LogP contribution in [0.4, 0.5) is 0 Å². The van der Waals surface area contributed by atoms with Gasteiger partial charge in [0.05, 0.1) is 17.9 Å². The molecule has 0 saturated heterocycles. The second-order valence-electron chi connectivity index (χ2n) is 4.84. The van der Waals surface area contributed by atoms with Crippen molar-refractivity contribution in [2.75, 3.05) is 5.75 Å². The highest BCUT2D eigenvalue weighted by molar-refractivity contribution is 7.89. The van der Waals surface area contributed by atoms with Gasteiger partial charge in [-0.25, -0.2) is 13.1 Å². The summed E-state index contributed by atoms with van der Waals surface area (Å²) in [6, 6.07) is 7.93. The molecule has 2 unspecified atom stereocenters. The van der Waals surface area contributed by atoms with Gasteiger partial charge in [-0.3, -0.25) is 0 Å². The molecule has 0 aromatic heterocycles. The van der Waals surface area contributed by atoms with Crippen molar-refractivity contribution in [1.29, 1.82) is 5.26 Å². The normalized spacial score (nSPS) is 14.4. The number of benzene rings is 1. The zero-order valence-electron chi connectivity index (χ0n) is 11.8. The molecule has 2 atom stereocenters. The predicted molar refractivity (Wildman–Crippen MR) is 82.3 cm³/mol. The van der Waals surface area contributed by atoms with Gasteiger partial charge in [0.25, 0.3) is 0 Å². The topological polar surface area (TPSA) is 90.2 Å². The number of rotatable bonds is 8. The summed E-state index contributed by atoms with van der Waals surface area (Å²) < 4.78 is 26.2. The standard InChI is InChI=1S/C14H19ClN2O3S/c1-11(14(18)12-5-7-13(15)8-6-12)17-21(19,20)10-4-2-3-9-16/h5-8,11,14,17-18H,2-4,10H2,1H3. The molecule has 0 bridgehead atoms. The Morgan fingerprint density at radius 2 is 1.95 bits per heavy atom. The number of aliphatic hydroxyl groups is 1. The van der Waals surface area contributed by atoms with Gasteiger partial charge in [0.2, 0.25) is 10.0 Å². The first-order valence-corrected chi connectivity index (χ1v) is 8.69. The van der Waals surface area contributed by atoms with Crippen LogP contribution in [0.25, 0.3) is 0 Å². The summed E-state index contributed by atoms with van der Waals surface area (Å²) in [7, 11) is -3.47. The third-order valence-corrected chi connectivity index (χ3v) is 4.81. The average molecular weight is 331 g/mol. The molecule has 0 aliphatic heterocycles. The van der Waals surface area contributed by atoms with Gasteiger partial charge in [-0.2, -0.15) is 5.26 Å². The average Bonchev–Trinajstić information content (AvgIpc) is 2.43. The summed E-state index contributed by atoms with van der Waals surface area (Å²) in [5.74, 6) is -0.0492. The van der Waals surface area contributed by atoms with Crippen LogP contribution in [0.5, 0.6) is 0 Å². The molecular formula is C14H19ClN2O3S. The lowest BCUT2D eigenvalue weighted by Crippen LogP contribution is -2.38. The lowest BCUT2D eigenvalue weighted by Gasteiger charge is -2.20. The molecule has 0 spiro atoms. The molecule has 0 heterocycles. The van der Waals surface area contributed by atoms with Crippen molar-refractivity contribution in [2.24, 2.45) is 0 Å². The zero-order valence-corrected chi connectivity index (χ0v) is 13.4. The van der Waals surface area contributed by atoms with Crippen LogP contribution in [0.2, 0.25) is 5.02 Å². The van der Waals surface area contributed by atoms with Gasteiger partial charge >= 0.3 is 0 Å². The number of sulfonamides is 1. The summed E-state index contributed by atoms with van der Waals surface area (Å²) in [6.07, 6.45) is 0.368. The second kappa shape index (κ2) is 8.35. The van der Waals surface area contributed by atoms with Crippen LogP contribution < -0.4 is 4.72 Å². The number of hydrogen-bond acceptors (Lipinski definition) is 4.